The Morgan fingerprint density at radius 3 is 3.00 bits per heavy atom. The van der Waals surface area contributed by atoms with Crippen LogP contribution in [0.1, 0.15) is 12.8 Å². The molecule has 0 spiro atoms. The molecule has 2 aromatic heterocycles. The lowest BCUT2D eigenvalue weighted by Gasteiger charge is -2.05. The predicted octanol–water partition coefficient (Wildman–Crippen LogP) is 2.89. The van der Waals surface area contributed by atoms with Crippen LogP contribution in [0.15, 0.2) is 48.9 Å². The van der Waals surface area contributed by atoms with Crippen molar-refractivity contribution >= 4 is 22.5 Å². The van der Waals surface area contributed by atoms with Crippen molar-refractivity contribution < 1.29 is 4.79 Å². The molecule has 2 heterocycles. The van der Waals surface area contributed by atoms with Crippen molar-refractivity contribution in [2.75, 3.05) is 5.32 Å². The first kappa shape index (κ1) is 13.1. The van der Waals surface area contributed by atoms with E-state index < -0.39 is 0 Å². The third-order valence-electron chi connectivity index (χ3n) is 4.05. The molecule has 112 valence electrons. The van der Waals surface area contributed by atoms with E-state index in [9.17, 15) is 4.79 Å². The zero-order chi connectivity index (χ0) is 14.9. The van der Waals surface area contributed by atoms with Gasteiger partial charge in [-0.2, -0.15) is 5.10 Å². The molecule has 1 aliphatic carbocycles. The number of fused-ring (bicyclic) bond motifs is 1. The van der Waals surface area contributed by atoms with Crippen LogP contribution in [0.3, 0.4) is 0 Å². The topological polar surface area (TPSA) is 51.9 Å². The van der Waals surface area contributed by atoms with E-state index in [4.69, 9.17) is 0 Å². The summed E-state index contributed by atoms with van der Waals surface area (Å²) in [5, 5.41) is 8.35. The molecule has 1 saturated carbocycles. The molecule has 1 fully saturated rings. The van der Waals surface area contributed by atoms with Gasteiger partial charge in [-0.1, -0.05) is 18.2 Å². The molecule has 0 saturated heterocycles. The Morgan fingerprint density at radius 2 is 2.14 bits per heavy atom. The number of nitrogens with one attached hydrogen (secondary N) is 1. The number of aromatic nitrogens is 3. The van der Waals surface area contributed by atoms with Crippen LogP contribution in [0.25, 0.3) is 10.9 Å². The summed E-state index contributed by atoms with van der Waals surface area (Å²) in [5.41, 5.74) is 1.84. The number of benzene rings is 1. The van der Waals surface area contributed by atoms with Gasteiger partial charge < -0.3 is 9.88 Å². The second-order valence-corrected chi connectivity index (χ2v) is 5.95. The maximum Gasteiger partial charge on any atom is 0.244 e. The standard InChI is InChI=1S/C17H18N4O/c22-17(12-20-8-7-14-3-1-2-4-16(14)20)19-15-9-18-21(11-15)10-13-5-6-13/h1-4,7-9,11,13H,5-6,10,12H2,(H,19,22). The van der Waals surface area contributed by atoms with Crippen molar-refractivity contribution in [2.45, 2.75) is 25.9 Å². The largest absolute Gasteiger partial charge is 0.338 e. The zero-order valence-corrected chi connectivity index (χ0v) is 12.3. The summed E-state index contributed by atoms with van der Waals surface area (Å²) >= 11 is 0. The van der Waals surface area contributed by atoms with Crippen LogP contribution in [0.5, 0.6) is 0 Å². The number of nitrogens with zero attached hydrogens (tertiary/aromatic N) is 3. The molecule has 1 aliphatic rings. The van der Waals surface area contributed by atoms with Crippen LogP contribution in [-0.2, 0) is 17.9 Å². The van der Waals surface area contributed by atoms with Crippen LogP contribution >= 0.6 is 0 Å². The molecule has 0 atom stereocenters. The van der Waals surface area contributed by atoms with E-state index >= 15 is 0 Å². The normalized spacial score (nSPS) is 14.4. The number of para-hydroxylation sites is 1. The van der Waals surface area contributed by atoms with Gasteiger partial charge in [-0.15, -0.1) is 0 Å². The predicted molar refractivity (Wildman–Crippen MR) is 85.5 cm³/mol. The first-order valence-corrected chi connectivity index (χ1v) is 7.64. The highest BCUT2D eigenvalue weighted by molar-refractivity contribution is 5.91. The molecule has 1 aromatic carbocycles. The fourth-order valence-corrected chi connectivity index (χ4v) is 2.73. The van der Waals surface area contributed by atoms with E-state index in [1.165, 1.54) is 12.8 Å². The van der Waals surface area contributed by atoms with Gasteiger partial charge in [-0.05, 0) is 36.3 Å². The molecule has 4 rings (SSSR count). The number of hydrogen-bond acceptors (Lipinski definition) is 2. The average molecular weight is 294 g/mol. The summed E-state index contributed by atoms with van der Waals surface area (Å²) in [6.07, 6.45) is 8.16. The van der Waals surface area contributed by atoms with Crippen molar-refractivity contribution in [3.63, 3.8) is 0 Å². The Labute approximate surface area is 128 Å². The van der Waals surface area contributed by atoms with Gasteiger partial charge in [0.1, 0.15) is 6.54 Å². The summed E-state index contributed by atoms with van der Waals surface area (Å²) in [6.45, 7) is 1.26. The smallest absolute Gasteiger partial charge is 0.244 e. The summed E-state index contributed by atoms with van der Waals surface area (Å²) in [5.74, 6) is 0.738. The molecular weight excluding hydrogens is 276 g/mol. The average Bonchev–Trinajstić information content (AvgIpc) is 3.08. The minimum atomic E-state index is -0.0349. The van der Waals surface area contributed by atoms with E-state index in [1.54, 1.807) is 6.20 Å². The molecule has 22 heavy (non-hydrogen) atoms. The van der Waals surface area contributed by atoms with Gasteiger partial charge in [-0.3, -0.25) is 9.48 Å². The van der Waals surface area contributed by atoms with E-state index in [1.807, 2.05) is 52.0 Å². The quantitative estimate of drug-likeness (QED) is 0.786. The highest BCUT2D eigenvalue weighted by Gasteiger charge is 2.22. The lowest BCUT2D eigenvalue weighted by atomic mass is 10.2. The molecule has 5 heteroatoms. The summed E-state index contributed by atoms with van der Waals surface area (Å²) in [6, 6.07) is 10.1. The Hall–Kier alpha value is -2.56. The number of anilines is 1. The Bertz CT molecular complexity index is 813. The van der Waals surface area contributed by atoms with Crippen molar-refractivity contribution in [2.24, 2.45) is 5.92 Å². The van der Waals surface area contributed by atoms with Crippen molar-refractivity contribution in [3.05, 3.63) is 48.9 Å². The van der Waals surface area contributed by atoms with Gasteiger partial charge in [0, 0.05) is 24.5 Å². The highest BCUT2D eigenvalue weighted by atomic mass is 16.1. The Kier molecular flexibility index (Phi) is 3.18. The second-order valence-electron chi connectivity index (χ2n) is 5.95. The first-order valence-electron chi connectivity index (χ1n) is 7.64. The minimum absolute atomic E-state index is 0.0349. The molecule has 3 aromatic rings. The molecule has 0 radical (unpaired) electrons. The number of amides is 1. The number of hydrogen-bond donors (Lipinski definition) is 1. The van der Waals surface area contributed by atoms with Gasteiger partial charge in [0.15, 0.2) is 0 Å². The highest BCUT2D eigenvalue weighted by Crippen LogP contribution is 2.30. The SMILES string of the molecule is O=C(Cn1ccc2ccccc21)Nc1cnn(CC2CC2)c1. The van der Waals surface area contributed by atoms with Crippen molar-refractivity contribution in [1.29, 1.82) is 0 Å². The molecule has 0 aliphatic heterocycles. The summed E-state index contributed by atoms with van der Waals surface area (Å²) in [4.78, 5) is 12.2. The van der Waals surface area contributed by atoms with E-state index in [0.29, 0.717) is 6.54 Å². The van der Waals surface area contributed by atoms with Crippen molar-refractivity contribution in [1.82, 2.24) is 14.3 Å². The monoisotopic (exact) mass is 294 g/mol. The van der Waals surface area contributed by atoms with Gasteiger partial charge in [0.25, 0.3) is 0 Å². The van der Waals surface area contributed by atoms with Crippen LogP contribution in [-0.4, -0.2) is 20.3 Å². The summed E-state index contributed by atoms with van der Waals surface area (Å²) < 4.78 is 3.87. The van der Waals surface area contributed by atoms with Gasteiger partial charge >= 0.3 is 0 Å². The first-order chi connectivity index (χ1) is 10.8. The molecule has 1 N–H and O–H groups in total. The third kappa shape index (κ3) is 2.74. The maximum absolute atomic E-state index is 12.2. The second kappa shape index (κ2) is 5.33. The Balaban J connectivity index is 1.42. The molecule has 0 bridgehead atoms. The lowest BCUT2D eigenvalue weighted by molar-refractivity contribution is -0.116. The molecule has 1 amide bonds. The van der Waals surface area contributed by atoms with Crippen LogP contribution in [0.2, 0.25) is 0 Å². The van der Waals surface area contributed by atoms with Crippen LogP contribution in [0.4, 0.5) is 5.69 Å². The van der Waals surface area contributed by atoms with Gasteiger partial charge in [-0.25, -0.2) is 0 Å². The zero-order valence-electron chi connectivity index (χ0n) is 12.3. The molecule has 5 nitrogen and oxygen atoms in total. The lowest BCUT2D eigenvalue weighted by Crippen LogP contribution is -2.17. The van der Waals surface area contributed by atoms with Gasteiger partial charge in [0.05, 0.1) is 11.9 Å². The fourth-order valence-electron chi connectivity index (χ4n) is 2.73. The fraction of sp³-hybridized carbons (Fsp3) is 0.294. The number of carbonyl (C=O) groups is 1. The minimum Gasteiger partial charge on any atom is -0.338 e. The van der Waals surface area contributed by atoms with E-state index in [2.05, 4.69) is 10.4 Å². The van der Waals surface area contributed by atoms with Crippen molar-refractivity contribution in [3.8, 4) is 0 Å². The van der Waals surface area contributed by atoms with E-state index in [0.717, 1.165) is 29.1 Å². The maximum atomic E-state index is 12.2. The van der Waals surface area contributed by atoms with Gasteiger partial charge in [0.2, 0.25) is 5.91 Å². The molecule has 0 unspecified atom stereocenters. The van der Waals surface area contributed by atoms with Crippen LogP contribution in [0, 0.1) is 5.92 Å². The van der Waals surface area contributed by atoms with E-state index in [-0.39, 0.29) is 5.91 Å². The number of rotatable bonds is 5. The Morgan fingerprint density at radius 1 is 1.27 bits per heavy atom. The number of carbonyl (C=O) groups excluding carboxylic acids is 1. The summed E-state index contributed by atoms with van der Waals surface area (Å²) in [7, 11) is 0. The third-order valence-corrected chi connectivity index (χ3v) is 4.05. The molecular formula is C17H18N4O. The van der Waals surface area contributed by atoms with Crippen LogP contribution < -0.4 is 5.32 Å².